The van der Waals surface area contributed by atoms with E-state index in [4.69, 9.17) is 0 Å². The summed E-state index contributed by atoms with van der Waals surface area (Å²) in [6.45, 7) is 35.2. The van der Waals surface area contributed by atoms with Crippen LogP contribution in [-0.4, -0.2) is 6.88 Å². The summed E-state index contributed by atoms with van der Waals surface area (Å²) >= 11 is -4.25. The molecule has 0 nitrogen and oxygen atoms in total. The van der Waals surface area contributed by atoms with Crippen LogP contribution in [0.3, 0.4) is 0 Å². The average molecular weight is 995 g/mol. The van der Waals surface area contributed by atoms with Crippen molar-refractivity contribution in [3.05, 3.63) is 177 Å². The van der Waals surface area contributed by atoms with Gasteiger partial charge in [0.2, 0.25) is 0 Å². The molecule has 2 atom stereocenters. The second-order valence-corrected chi connectivity index (χ2v) is 56.5. The van der Waals surface area contributed by atoms with Crippen LogP contribution in [0.15, 0.2) is 132 Å². The van der Waals surface area contributed by atoms with Crippen molar-refractivity contribution in [2.24, 2.45) is 0 Å². The van der Waals surface area contributed by atoms with Gasteiger partial charge < -0.3 is 0 Å². The Kier molecular flexibility index (Phi) is 13.3. The molecule has 2 heteroatoms. The van der Waals surface area contributed by atoms with E-state index in [-0.39, 0.29) is 21.7 Å². The van der Waals surface area contributed by atoms with Crippen LogP contribution >= 0.6 is 0 Å². The molecule has 0 N–H and O–H groups in total. The van der Waals surface area contributed by atoms with Crippen LogP contribution in [0.1, 0.15) is 174 Å². The average Bonchev–Trinajstić information content (AvgIpc) is 3.86. The number of hydrogen-bond acceptors (Lipinski definition) is 0. The van der Waals surface area contributed by atoms with E-state index in [1.54, 1.807) is 22.3 Å². The van der Waals surface area contributed by atoms with Crippen molar-refractivity contribution in [2.45, 2.75) is 161 Å². The van der Waals surface area contributed by atoms with Gasteiger partial charge in [0.15, 0.2) is 0 Å². The third-order valence-corrected chi connectivity index (χ3v) is 33.2. The third kappa shape index (κ3) is 9.45. The number of benzene rings is 6. The van der Waals surface area contributed by atoms with E-state index >= 15 is 0 Å². The van der Waals surface area contributed by atoms with Gasteiger partial charge >= 0.3 is 419 Å². The van der Waals surface area contributed by atoms with Gasteiger partial charge in [-0.05, 0) is 0 Å². The van der Waals surface area contributed by atoms with Gasteiger partial charge in [-0.25, -0.2) is 0 Å². The second kappa shape index (κ2) is 17.9. The normalized spacial score (nSPS) is 16.7. The molecule has 2 aliphatic carbocycles. The Morgan fingerprint density at radius 2 is 0.603 bits per heavy atom. The minimum absolute atomic E-state index is 0.0884. The van der Waals surface area contributed by atoms with Crippen LogP contribution in [0, 0.1) is 0 Å². The molecule has 0 spiro atoms. The molecule has 2 unspecified atom stereocenters. The molecule has 0 saturated carbocycles. The maximum absolute atomic E-state index is 4.25. The number of rotatable bonds is 10. The fourth-order valence-corrected chi connectivity index (χ4v) is 31.7. The molecule has 0 aromatic heterocycles. The van der Waals surface area contributed by atoms with Gasteiger partial charge in [-0.3, -0.25) is 0 Å². The quantitative estimate of drug-likeness (QED) is 0.120. The molecule has 0 aliphatic heterocycles. The van der Waals surface area contributed by atoms with Crippen LogP contribution in [0.25, 0.3) is 56.7 Å². The Labute approximate surface area is 415 Å². The van der Waals surface area contributed by atoms with Gasteiger partial charge in [-0.15, -0.1) is 0 Å². The van der Waals surface area contributed by atoms with Gasteiger partial charge in [0.05, 0.1) is 0 Å². The SMILES string of the molecule is CCCC1=Cc2c(-c3ccc(C(C)(C)C)cc3)ccc(-c3ccc(C(C)(C)C)cc3)c2[CH]1[Zr]([CH3])([CH3])(=[SiH2])[CH]1C(CCC)=Cc2c(-c3ccc(C(C)(C)C)cc3)ccc(-c3ccc(C(C)(C)C)cc3)c21. The summed E-state index contributed by atoms with van der Waals surface area (Å²) in [5.74, 6) is 0. The Bertz CT molecular complexity index is 2770. The van der Waals surface area contributed by atoms with Gasteiger partial charge in [0.25, 0.3) is 0 Å². The topological polar surface area (TPSA) is 0 Å². The molecule has 6 aromatic carbocycles. The molecule has 0 heterocycles. The summed E-state index contributed by atoms with van der Waals surface area (Å²) in [5, 5.41) is 0. The number of fused-ring (bicyclic) bond motifs is 2. The van der Waals surface area contributed by atoms with Crippen LogP contribution in [0.5, 0.6) is 0 Å². The van der Waals surface area contributed by atoms with Crippen molar-refractivity contribution in [3.63, 3.8) is 0 Å². The van der Waals surface area contributed by atoms with E-state index in [0.29, 0.717) is 7.25 Å². The monoisotopic (exact) mass is 993 g/mol. The predicted octanol–water partition coefficient (Wildman–Crippen LogP) is 19.1. The Morgan fingerprint density at radius 3 is 0.838 bits per heavy atom. The van der Waals surface area contributed by atoms with Crippen LogP contribution in [-0.2, 0) is 39.1 Å². The first-order valence-electron chi connectivity index (χ1n) is 26.0. The molecule has 0 saturated heterocycles. The Morgan fingerprint density at radius 1 is 0.368 bits per heavy atom. The summed E-state index contributed by atoms with van der Waals surface area (Å²) in [5.41, 5.74) is 26.2. The standard InChI is InChI=1S/2C32H37.2CH3.H2Si.Zr/c2*1-8-9-22-20-29-27(23-10-14-25(15-11-23)31(2,3)4)18-19-28(30(29)21-22)24-12-16-26(17-13-24)32(5,6)7;;;;/h2*10-21H,8-9H2,1-7H3;2*1H3;1H2;. The van der Waals surface area contributed by atoms with Gasteiger partial charge in [0.1, 0.15) is 0 Å². The summed E-state index contributed by atoms with van der Waals surface area (Å²) in [6, 6.07) is 48.3. The van der Waals surface area contributed by atoms with Crippen LogP contribution < -0.4 is 0 Å². The van der Waals surface area contributed by atoms with Crippen molar-refractivity contribution < 1.29 is 17.4 Å². The summed E-state index contributed by atoms with van der Waals surface area (Å²) in [4.78, 5) is 0. The number of allylic oxidation sites excluding steroid dienone is 2. The van der Waals surface area contributed by atoms with Crippen molar-refractivity contribution in [3.8, 4) is 44.5 Å². The Balaban J connectivity index is 1.42. The number of hydrogen-bond donors (Lipinski definition) is 0. The summed E-state index contributed by atoms with van der Waals surface area (Å²) < 4.78 is 6.50. The molecule has 68 heavy (non-hydrogen) atoms. The van der Waals surface area contributed by atoms with Crippen LogP contribution in [0.2, 0.25) is 9.26 Å². The predicted molar refractivity (Wildman–Crippen MR) is 301 cm³/mol. The van der Waals surface area contributed by atoms with Crippen molar-refractivity contribution >= 4 is 19.0 Å². The molecule has 8 rings (SSSR count). The third-order valence-electron chi connectivity index (χ3n) is 15.8. The first-order valence-corrected chi connectivity index (χ1v) is 39.6. The maximum atomic E-state index is 2.88. The van der Waals surface area contributed by atoms with E-state index < -0.39 is 17.4 Å². The zero-order chi connectivity index (χ0) is 49.4. The molecule has 354 valence electrons. The van der Waals surface area contributed by atoms with Crippen molar-refractivity contribution in [1.29, 1.82) is 0 Å². The zero-order valence-corrected chi connectivity index (χ0v) is 48.8. The minimum atomic E-state index is -4.25. The summed E-state index contributed by atoms with van der Waals surface area (Å²) in [6.07, 6.45) is 9.90. The summed E-state index contributed by atoms with van der Waals surface area (Å²) in [7, 11) is 0. The van der Waals surface area contributed by atoms with E-state index in [0.717, 1.165) is 25.7 Å². The van der Waals surface area contributed by atoms with Crippen molar-refractivity contribution in [1.82, 2.24) is 0 Å². The van der Waals surface area contributed by atoms with E-state index in [9.17, 15) is 0 Å². The van der Waals surface area contributed by atoms with Gasteiger partial charge in [-0.1, -0.05) is 0 Å². The second-order valence-electron chi connectivity index (χ2n) is 26.0. The molecule has 6 aromatic rings. The van der Waals surface area contributed by atoms with Crippen molar-refractivity contribution in [2.75, 3.05) is 0 Å². The molecule has 0 radical (unpaired) electrons. The molecule has 0 amide bonds. The fraction of sp³-hybridized carbons (Fsp3) is 0.394. The van der Waals surface area contributed by atoms with Gasteiger partial charge in [0, 0.05) is 0 Å². The fourth-order valence-electron chi connectivity index (χ4n) is 12.1. The molecule has 0 fully saturated rings. The van der Waals surface area contributed by atoms with E-state index in [1.807, 2.05) is 0 Å². The van der Waals surface area contributed by atoms with Crippen LogP contribution in [0.4, 0.5) is 0 Å². The molecule has 2 aliphatic rings. The Hall–Kier alpha value is -4.10. The van der Waals surface area contributed by atoms with E-state index in [2.05, 4.69) is 247 Å². The molecular weight excluding hydrogens is 912 g/mol. The first-order chi connectivity index (χ1) is 31.7. The molecular formula is C66H82SiZr. The zero-order valence-electron chi connectivity index (χ0n) is 44.9. The molecule has 0 bridgehead atoms. The first kappa shape index (κ1) is 50.3. The van der Waals surface area contributed by atoms with E-state index in [1.165, 1.54) is 77.9 Å². The van der Waals surface area contributed by atoms with Gasteiger partial charge in [-0.2, -0.15) is 0 Å².